The van der Waals surface area contributed by atoms with Crippen LogP contribution < -0.4 is 10.6 Å². The largest absolute Gasteiger partial charge is 0.356 e. The van der Waals surface area contributed by atoms with Gasteiger partial charge in [0.25, 0.3) is 0 Å². The van der Waals surface area contributed by atoms with Crippen molar-refractivity contribution in [3.8, 4) is 0 Å². The molecule has 0 aliphatic carbocycles. The number of aliphatic imine (C=N–C) groups is 1. The van der Waals surface area contributed by atoms with E-state index < -0.39 is 0 Å². The van der Waals surface area contributed by atoms with E-state index in [-0.39, 0.29) is 29.8 Å². The average molecular weight is 454 g/mol. The van der Waals surface area contributed by atoms with Gasteiger partial charge < -0.3 is 10.6 Å². The highest BCUT2D eigenvalue weighted by atomic mass is 127. The molecule has 6 nitrogen and oxygen atoms in total. The van der Waals surface area contributed by atoms with Gasteiger partial charge in [0.15, 0.2) is 17.4 Å². The van der Waals surface area contributed by atoms with E-state index in [0.717, 1.165) is 11.5 Å². The van der Waals surface area contributed by atoms with E-state index in [4.69, 9.17) is 0 Å². The van der Waals surface area contributed by atoms with Gasteiger partial charge in [0.2, 0.25) is 0 Å². The first kappa shape index (κ1) is 19.1. The maximum absolute atomic E-state index is 13.6. The molecule has 0 amide bonds. The van der Waals surface area contributed by atoms with Crippen LogP contribution in [-0.2, 0) is 13.0 Å². The van der Waals surface area contributed by atoms with Gasteiger partial charge in [-0.1, -0.05) is 24.3 Å². The number of halogens is 2. The van der Waals surface area contributed by atoms with Crippen LogP contribution in [0.1, 0.15) is 11.4 Å². The van der Waals surface area contributed by atoms with Gasteiger partial charge in [0.1, 0.15) is 5.82 Å². The third kappa shape index (κ3) is 4.88. The summed E-state index contributed by atoms with van der Waals surface area (Å²) >= 11 is 0. The first-order valence-electron chi connectivity index (χ1n) is 7.74. The molecule has 0 saturated heterocycles. The van der Waals surface area contributed by atoms with E-state index in [0.29, 0.717) is 31.0 Å². The molecule has 0 atom stereocenters. The van der Waals surface area contributed by atoms with E-state index in [1.54, 1.807) is 19.2 Å². The fraction of sp³-hybridized carbons (Fsp3) is 0.235. The monoisotopic (exact) mass is 454 g/mol. The SMILES string of the molecule is CN=C(NCCc1ccccc1F)NCc1nnc2ccccn12.I. The van der Waals surface area contributed by atoms with Crippen LogP contribution in [-0.4, -0.2) is 34.2 Å². The zero-order valence-corrected chi connectivity index (χ0v) is 16.1. The average Bonchev–Trinajstić information content (AvgIpc) is 3.03. The van der Waals surface area contributed by atoms with Crippen LogP contribution in [0.4, 0.5) is 4.39 Å². The molecular weight excluding hydrogens is 434 g/mol. The molecule has 3 aromatic rings. The van der Waals surface area contributed by atoms with Crippen LogP contribution in [0.3, 0.4) is 0 Å². The van der Waals surface area contributed by atoms with Crippen molar-refractivity contribution < 1.29 is 4.39 Å². The summed E-state index contributed by atoms with van der Waals surface area (Å²) in [4.78, 5) is 4.16. The highest BCUT2D eigenvalue weighted by Gasteiger charge is 2.06. The lowest BCUT2D eigenvalue weighted by atomic mass is 10.1. The van der Waals surface area contributed by atoms with E-state index in [1.807, 2.05) is 34.9 Å². The molecule has 0 spiro atoms. The number of hydrogen-bond donors (Lipinski definition) is 2. The number of hydrogen-bond acceptors (Lipinski definition) is 3. The summed E-state index contributed by atoms with van der Waals surface area (Å²) in [5.41, 5.74) is 1.49. The minimum atomic E-state index is -0.183. The first-order chi connectivity index (χ1) is 11.8. The molecule has 3 rings (SSSR count). The molecule has 0 saturated carbocycles. The number of aromatic nitrogens is 3. The summed E-state index contributed by atoms with van der Waals surface area (Å²) in [5, 5.41) is 14.6. The standard InChI is InChI=1S/C17H19FN6.HI/c1-19-17(20-10-9-13-6-2-3-7-14(13)18)21-12-16-23-22-15-8-4-5-11-24(15)16;/h2-8,11H,9-10,12H2,1H3,(H2,19,20,21);1H. The van der Waals surface area contributed by atoms with Crippen molar-refractivity contribution in [2.24, 2.45) is 4.99 Å². The molecule has 2 N–H and O–H groups in total. The predicted octanol–water partition coefficient (Wildman–Crippen LogP) is 2.39. The van der Waals surface area contributed by atoms with Crippen molar-refractivity contribution in [1.82, 2.24) is 25.2 Å². The Bertz CT molecular complexity index is 848. The maximum atomic E-state index is 13.6. The van der Waals surface area contributed by atoms with Crippen molar-refractivity contribution in [3.63, 3.8) is 0 Å². The molecule has 2 aromatic heterocycles. The molecule has 0 radical (unpaired) electrons. The highest BCUT2D eigenvalue weighted by Crippen LogP contribution is 2.06. The van der Waals surface area contributed by atoms with Crippen LogP contribution in [0.25, 0.3) is 5.65 Å². The van der Waals surface area contributed by atoms with Gasteiger partial charge in [-0.05, 0) is 30.2 Å². The van der Waals surface area contributed by atoms with Crippen molar-refractivity contribution in [3.05, 3.63) is 65.9 Å². The quantitative estimate of drug-likeness (QED) is 0.353. The zero-order chi connectivity index (χ0) is 16.8. The molecule has 0 aliphatic rings. The molecular formula is C17H20FIN6. The molecule has 0 unspecified atom stereocenters. The van der Waals surface area contributed by atoms with Crippen LogP contribution in [0.5, 0.6) is 0 Å². The van der Waals surface area contributed by atoms with Crippen molar-refractivity contribution in [1.29, 1.82) is 0 Å². The molecule has 0 aliphatic heterocycles. The minimum absolute atomic E-state index is 0. The Hall–Kier alpha value is -2.23. The van der Waals surface area contributed by atoms with Crippen molar-refractivity contribution >= 4 is 35.6 Å². The number of nitrogens with one attached hydrogen (secondary N) is 2. The number of guanidine groups is 1. The summed E-state index contributed by atoms with van der Waals surface area (Å²) in [7, 11) is 1.69. The third-order valence-corrected chi connectivity index (χ3v) is 3.67. The highest BCUT2D eigenvalue weighted by molar-refractivity contribution is 14.0. The lowest BCUT2D eigenvalue weighted by Crippen LogP contribution is -2.38. The van der Waals surface area contributed by atoms with Crippen LogP contribution >= 0.6 is 24.0 Å². The molecule has 2 heterocycles. The van der Waals surface area contributed by atoms with Crippen LogP contribution in [0.2, 0.25) is 0 Å². The molecule has 25 heavy (non-hydrogen) atoms. The molecule has 132 valence electrons. The van der Waals surface area contributed by atoms with Gasteiger partial charge in [-0.25, -0.2) is 4.39 Å². The number of rotatable bonds is 5. The lowest BCUT2D eigenvalue weighted by Gasteiger charge is -2.11. The Morgan fingerprint density at radius 2 is 1.92 bits per heavy atom. The molecule has 1 aromatic carbocycles. The van der Waals surface area contributed by atoms with Gasteiger partial charge in [-0.2, -0.15) is 0 Å². The molecule has 0 fully saturated rings. The fourth-order valence-corrected chi connectivity index (χ4v) is 2.41. The second-order valence-electron chi connectivity index (χ2n) is 5.24. The van der Waals surface area contributed by atoms with E-state index in [9.17, 15) is 4.39 Å². The Morgan fingerprint density at radius 1 is 1.12 bits per heavy atom. The maximum Gasteiger partial charge on any atom is 0.191 e. The smallest absolute Gasteiger partial charge is 0.191 e. The number of nitrogens with zero attached hydrogens (tertiary/aromatic N) is 4. The second-order valence-corrected chi connectivity index (χ2v) is 5.24. The van der Waals surface area contributed by atoms with Gasteiger partial charge in [0, 0.05) is 19.8 Å². The van der Waals surface area contributed by atoms with E-state index >= 15 is 0 Å². The normalized spacial score (nSPS) is 11.2. The predicted molar refractivity (Wildman–Crippen MR) is 107 cm³/mol. The van der Waals surface area contributed by atoms with E-state index in [2.05, 4.69) is 25.8 Å². The van der Waals surface area contributed by atoms with Crippen LogP contribution in [0, 0.1) is 5.82 Å². The third-order valence-electron chi connectivity index (χ3n) is 3.67. The number of pyridine rings is 1. The van der Waals surface area contributed by atoms with Gasteiger partial charge >= 0.3 is 0 Å². The Balaban J connectivity index is 0.00000225. The Morgan fingerprint density at radius 3 is 2.72 bits per heavy atom. The summed E-state index contributed by atoms with van der Waals surface area (Å²) in [5.74, 6) is 1.25. The summed E-state index contributed by atoms with van der Waals surface area (Å²) in [6, 6.07) is 12.5. The summed E-state index contributed by atoms with van der Waals surface area (Å²) < 4.78 is 15.5. The fourth-order valence-electron chi connectivity index (χ4n) is 2.41. The zero-order valence-electron chi connectivity index (χ0n) is 13.8. The lowest BCUT2D eigenvalue weighted by molar-refractivity contribution is 0.606. The number of fused-ring (bicyclic) bond motifs is 1. The summed E-state index contributed by atoms with van der Waals surface area (Å²) in [6.45, 7) is 1.08. The Kier molecular flexibility index (Phi) is 7.11. The topological polar surface area (TPSA) is 66.6 Å². The van der Waals surface area contributed by atoms with Crippen LogP contribution in [0.15, 0.2) is 53.7 Å². The Labute approximate surface area is 162 Å². The first-order valence-corrected chi connectivity index (χ1v) is 7.74. The van der Waals surface area contributed by atoms with Crippen molar-refractivity contribution in [2.75, 3.05) is 13.6 Å². The minimum Gasteiger partial charge on any atom is -0.356 e. The summed E-state index contributed by atoms with van der Waals surface area (Å²) in [6.07, 6.45) is 2.50. The van der Waals surface area contributed by atoms with Crippen molar-refractivity contribution in [2.45, 2.75) is 13.0 Å². The number of benzene rings is 1. The molecule has 0 bridgehead atoms. The van der Waals surface area contributed by atoms with E-state index in [1.165, 1.54) is 6.07 Å². The second kappa shape index (κ2) is 9.30. The van der Waals surface area contributed by atoms with Gasteiger partial charge in [-0.15, -0.1) is 34.2 Å². The van der Waals surface area contributed by atoms with Gasteiger partial charge in [0.05, 0.1) is 6.54 Å². The molecule has 8 heteroatoms. The van der Waals surface area contributed by atoms with Gasteiger partial charge in [-0.3, -0.25) is 9.39 Å².